The molecule has 110 valence electrons. The summed E-state index contributed by atoms with van der Waals surface area (Å²) in [5.74, 6) is -0.187. The lowest BCUT2D eigenvalue weighted by Crippen LogP contribution is -2.42. The standard InChI is InChI=1S/C17H23FO2/c1-2-20-17(10-5-3-4-6-11-17)16(19)13-14-8-7-9-15(18)12-14/h7-9,12H,2-6,10-11,13H2,1H3. The number of rotatable bonds is 5. The Morgan fingerprint density at radius 3 is 2.55 bits per heavy atom. The van der Waals surface area contributed by atoms with Gasteiger partial charge in [0.2, 0.25) is 0 Å². The molecule has 2 nitrogen and oxygen atoms in total. The molecule has 2 rings (SSSR count). The zero-order valence-electron chi connectivity index (χ0n) is 12.2. The minimum absolute atomic E-state index is 0.104. The molecular formula is C17H23FO2. The van der Waals surface area contributed by atoms with E-state index in [2.05, 4.69) is 0 Å². The Kier molecular flexibility index (Phi) is 5.30. The first-order chi connectivity index (χ1) is 9.66. The maximum Gasteiger partial charge on any atom is 0.168 e. The molecule has 0 spiro atoms. The zero-order chi connectivity index (χ0) is 14.4. The first kappa shape index (κ1) is 15.2. The van der Waals surface area contributed by atoms with E-state index in [-0.39, 0.29) is 18.0 Å². The van der Waals surface area contributed by atoms with E-state index < -0.39 is 5.60 Å². The van der Waals surface area contributed by atoms with Crippen LogP contribution in [0.25, 0.3) is 0 Å². The number of hydrogen-bond donors (Lipinski definition) is 0. The van der Waals surface area contributed by atoms with Gasteiger partial charge < -0.3 is 4.74 Å². The predicted molar refractivity (Wildman–Crippen MR) is 77.2 cm³/mol. The molecule has 0 aliphatic heterocycles. The van der Waals surface area contributed by atoms with Gasteiger partial charge in [0.15, 0.2) is 5.78 Å². The average Bonchev–Trinajstić information content (AvgIpc) is 2.66. The SMILES string of the molecule is CCOC1(C(=O)Cc2cccc(F)c2)CCCCCC1. The number of benzene rings is 1. The number of halogens is 1. The number of ketones is 1. The van der Waals surface area contributed by atoms with E-state index in [4.69, 9.17) is 4.74 Å². The fourth-order valence-corrected chi connectivity index (χ4v) is 3.07. The van der Waals surface area contributed by atoms with Crippen LogP contribution in [0, 0.1) is 5.82 Å². The molecule has 0 heterocycles. The molecule has 0 amide bonds. The molecule has 3 heteroatoms. The van der Waals surface area contributed by atoms with Gasteiger partial charge in [-0.3, -0.25) is 4.79 Å². The number of carbonyl (C=O) groups excluding carboxylic acids is 1. The third-order valence-electron chi connectivity index (χ3n) is 4.09. The Labute approximate surface area is 120 Å². The first-order valence-electron chi connectivity index (χ1n) is 7.58. The van der Waals surface area contributed by atoms with Crippen molar-refractivity contribution in [1.82, 2.24) is 0 Å². The molecule has 0 saturated heterocycles. The quantitative estimate of drug-likeness (QED) is 0.759. The lowest BCUT2D eigenvalue weighted by atomic mass is 9.86. The van der Waals surface area contributed by atoms with Gasteiger partial charge in [0, 0.05) is 13.0 Å². The first-order valence-corrected chi connectivity index (χ1v) is 7.58. The van der Waals surface area contributed by atoms with E-state index in [1.165, 1.54) is 25.0 Å². The largest absolute Gasteiger partial charge is 0.367 e. The molecule has 0 bridgehead atoms. The summed E-state index contributed by atoms with van der Waals surface area (Å²) in [4.78, 5) is 12.7. The zero-order valence-corrected chi connectivity index (χ0v) is 12.2. The topological polar surface area (TPSA) is 26.3 Å². The van der Waals surface area contributed by atoms with Crippen molar-refractivity contribution < 1.29 is 13.9 Å². The molecule has 1 fully saturated rings. The summed E-state index contributed by atoms with van der Waals surface area (Å²) in [7, 11) is 0. The van der Waals surface area contributed by atoms with Crippen molar-refractivity contribution >= 4 is 5.78 Å². The van der Waals surface area contributed by atoms with Gasteiger partial charge >= 0.3 is 0 Å². The Balaban J connectivity index is 2.13. The van der Waals surface area contributed by atoms with Gasteiger partial charge in [-0.05, 0) is 37.5 Å². The Bertz CT molecular complexity index is 448. The highest BCUT2D eigenvalue weighted by Gasteiger charge is 2.38. The lowest BCUT2D eigenvalue weighted by Gasteiger charge is -2.31. The molecule has 1 aromatic carbocycles. The molecule has 1 aliphatic carbocycles. The fraction of sp³-hybridized carbons (Fsp3) is 0.588. The van der Waals surface area contributed by atoms with Crippen LogP contribution in [0.4, 0.5) is 4.39 Å². The Hall–Kier alpha value is -1.22. The van der Waals surface area contributed by atoms with Crippen LogP contribution >= 0.6 is 0 Å². The number of carbonyl (C=O) groups is 1. The minimum Gasteiger partial charge on any atom is -0.367 e. The maximum atomic E-state index is 13.2. The van der Waals surface area contributed by atoms with E-state index in [0.717, 1.165) is 31.2 Å². The molecular weight excluding hydrogens is 255 g/mol. The summed E-state index contributed by atoms with van der Waals surface area (Å²) in [6, 6.07) is 6.29. The lowest BCUT2D eigenvalue weighted by molar-refractivity contribution is -0.145. The van der Waals surface area contributed by atoms with E-state index in [1.54, 1.807) is 12.1 Å². The highest BCUT2D eigenvalue weighted by molar-refractivity contribution is 5.89. The van der Waals surface area contributed by atoms with Gasteiger partial charge in [0.1, 0.15) is 11.4 Å². The summed E-state index contributed by atoms with van der Waals surface area (Å²) >= 11 is 0. The van der Waals surface area contributed by atoms with Crippen LogP contribution in [-0.4, -0.2) is 18.0 Å². The van der Waals surface area contributed by atoms with Gasteiger partial charge in [-0.2, -0.15) is 0 Å². The second-order valence-corrected chi connectivity index (χ2v) is 5.57. The average molecular weight is 278 g/mol. The third kappa shape index (κ3) is 3.66. The van der Waals surface area contributed by atoms with Crippen LogP contribution in [0.5, 0.6) is 0 Å². The van der Waals surface area contributed by atoms with E-state index in [0.29, 0.717) is 6.61 Å². The summed E-state index contributed by atoms with van der Waals surface area (Å²) in [5, 5.41) is 0. The van der Waals surface area contributed by atoms with Crippen molar-refractivity contribution in [3.8, 4) is 0 Å². The molecule has 0 aromatic heterocycles. The van der Waals surface area contributed by atoms with Crippen molar-refractivity contribution in [2.24, 2.45) is 0 Å². The van der Waals surface area contributed by atoms with Crippen molar-refractivity contribution in [2.75, 3.05) is 6.61 Å². The molecule has 0 radical (unpaired) electrons. The summed E-state index contributed by atoms with van der Waals surface area (Å²) in [6.07, 6.45) is 6.27. The predicted octanol–water partition coefficient (Wildman–Crippen LogP) is 4.07. The summed E-state index contributed by atoms with van der Waals surface area (Å²) in [6.45, 7) is 2.48. The van der Waals surface area contributed by atoms with Gasteiger partial charge in [0.05, 0.1) is 0 Å². The minimum atomic E-state index is -0.641. The van der Waals surface area contributed by atoms with Gasteiger partial charge in [-0.1, -0.05) is 37.8 Å². The van der Waals surface area contributed by atoms with E-state index in [1.807, 2.05) is 6.92 Å². The van der Waals surface area contributed by atoms with Gasteiger partial charge in [0.25, 0.3) is 0 Å². The van der Waals surface area contributed by atoms with Crippen molar-refractivity contribution in [2.45, 2.75) is 57.5 Å². The van der Waals surface area contributed by atoms with Gasteiger partial charge in [-0.25, -0.2) is 4.39 Å². The Morgan fingerprint density at radius 1 is 1.25 bits per heavy atom. The number of Topliss-reactive ketones (excluding diaryl/α,β-unsaturated/α-hetero) is 1. The van der Waals surface area contributed by atoms with E-state index in [9.17, 15) is 9.18 Å². The van der Waals surface area contributed by atoms with Crippen LogP contribution in [0.15, 0.2) is 24.3 Å². The van der Waals surface area contributed by atoms with Crippen molar-refractivity contribution in [3.05, 3.63) is 35.6 Å². The molecule has 1 aromatic rings. The van der Waals surface area contributed by atoms with Crippen LogP contribution in [0.2, 0.25) is 0 Å². The monoisotopic (exact) mass is 278 g/mol. The van der Waals surface area contributed by atoms with Crippen molar-refractivity contribution in [3.63, 3.8) is 0 Å². The maximum absolute atomic E-state index is 13.2. The normalized spacial score (nSPS) is 18.5. The summed E-state index contributed by atoms with van der Waals surface area (Å²) in [5.41, 5.74) is 0.0933. The highest BCUT2D eigenvalue weighted by Crippen LogP contribution is 2.32. The molecule has 1 aliphatic rings. The van der Waals surface area contributed by atoms with E-state index >= 15 is 0 Å². The molecule has 20 heavy (non-hydrogen) atoms. The fourth-order valence-electron chi connectivity index (χ4n) is 3.07. The number of ether oxygens (including phenoxy) is 1. The molecule has 1 saturated carbocycles. The van der Waals surface area contributed by atoms with Gasteiger partial charge in [-0.15, -0.1) is 0 Å². The highest BCUT2D eigenvalue weighted by atomic mass is 19.1. The smallest absolute Gasteiger partial charge is 0.168 e. The van der Waals surface area contributed by atoms with Crippen LogP contribution in [0.3, 0.4) is 0 Å². The van der Waals surface area contributed by atoms with Crippen LogP contribution < -0.4 is 0 Å². The third-order valence-corrected chi connectivity index (χ3v) is 4.09. The molecule has 0 unspecified atom stereocenters. The second-order valence-electron chi connectivity index (χ2n) is 5.57. The van der Waals surface area contributed by atoms with Crippen LogP contribution in [-0.2, 0) is 16.0 Å². The van der Waals surface area contributed by atoms with Crippen molar-refractivity contribution in [1.29, 1.82) is 0 Å². The molecule has 0 N–H and O–H groups in total. The molecule has 0 atom stereocenters. The summed E-state index contributed by atoms with van der Waals surface area (Å²) < 4.78 is 19.1. The number of hydrogen-bond acceptors (Lipinski definition) is 2. The Morgan fingerprint density at radius 2 is 1.95 bits per heavy atom. The van der Waals surface area contributed by atoms with Crippen LogP contribution in [0.1, 0.15) is 51.0 Å². The second kappa shape index (κ2) is 6.98.